The van der Waals surface area contributed by atoms with Crippen molar-refractivity contribution in [3.63, 3.8) is 0 Å². The third kappa shape index (κ3) is 4.47. The average Bonchev–Trinajstić information content (AvgIpc) is 2.36. The predicted molar refractivity (Wildman–Crippen MR) is 67.6 cm³/mol. The Morgan fingerprint density at radius 2 is 1.88 bits per heavy atom. The lowest BCUT2D eigenvalue weighted by molar-refractivity contribution is -0.124. The number of ether oxygens (including phenoxy) is 2. The number of Topliss-reactive ketones (excluding diaryl/α,β-unsaturated/α-hetero) is 1. The van der Waals surface area contributed by atoms with Crippen LogP contribution in [0.2, 0.25) is 0 Å². The molecule has 0 heterocycles. The summed E-state index contributed by atoms with van der Waals surface area (Å²) >= 11 is 0. The van der Waals surface area contributed by atoms with Crippen LogP contribution >= 0.6 is 0 Å². The van der Waals surface area contributed by atoms with Crippen LogP contribution in [-0.2, 0) is 4.79 Å². The van der Waals surface area contributed by atoms with Gasteiger partial charge in [0.1, 0.15) is 18.1 Å². The molecule has 0 spiro atoms. The van der Waals surface area contributed by atoms with Gasteiger partial charge >= 0.3 is 0 Å². The SMILES string of the molecule is CCOc1cccc(OCC(=O)C(C)CC)c1. The first-order valence-electron chi connectivity index (χ1n) is 6.05. The maximum Gasteiger partial charge on any atom is 0.172 e. The second-order valence-electron chi connectivity index (χ2n) is 3.97. The maximum atomic E-state index is 11.6. The largest absolute Gasteiger partial charge is 0.494 e. The monoisotopic (exact) mass is 236 g/mol. The standard InChI is InChI=1S/C14H20O3/c1-4-11(3)14(15)10-17-13-8-6-7-12(9-13)16-5-2/h6-9,11H,4-5,10H2,1-3H3. The van der Waals surface area contributed by atoms with Crippen LogP contribution in [0.1, 0.15) is 27.2 Å². The zero-order valence-corrected chi connectivity index (χ0v) is 10.7. The molecule has 0 amide bonds. The lowest BCUT2D eigenvalue weighted by Gasteiger charge is -2.10. The zero-order valence-electron chi connectivity index (χ0n) is 10.7. The molecule has 0 aromatic heterocycles. The van der Waals surface area contributed by atoms with Crippen molar-refractivity contribution in [3.05, 3.63) is 24.3 Å². The van der Waals surface area contributed by atoms with Crippen molar-refractivity contribution in [3.8, 4) is 11.5 Å². The van der Waals surface area contributed by atoms with Gasteiger partial charge in [-0.3, -0.25) is 4.79 Å². The van der Waals surface area contributed by atoms with Gasteiger partial charge in [0.05, 0.1) is 6.61 Å². The molecule has 1 aromatic carbocycles. The maximum absolute atomic E-state index is 11.6. The quantitative estimate of drug-likeness (QED) is 0.729. The number of ketones is 1. The number of hydrogen-bond acceptors (Lipinski definition) is 3. The van der Waals surface area contributed by atoms with E-state index in [-0.39, 0.29) is 18.3 Å². The average molecular weight is 236 g/mol. The molecule has 0 bridgehead atoms. The molecule has 0 fully saturated rings. The summed E-state index contributed by atoms with van der Waals surface area (Å²) in [4.78, 5) is 11.6. The van der Waals surface area contributed by atoms with E-state index >= 15 is 0 Å². The lowest BCUT2D eigenvalue weighted by Crippen LogP contribution is -2.18. The summed E-state index contributed by atoms with van der Waals surface area (Å²) in [5.41, 5.74) is 0. The van der Waals surface area contributed by atoms with E-state index in [0.717, 1.165) is 12.2 Å². The highest BCUT2D eigenvalue weighted by atomic mass is 16.5. The number of rotatable bonds is 7. The molecule has 1 unspecified atom stereocenters. The van der Waals surface area contributed by atoms with Crippen molar-refractivity contribution >= 4 is 5.78 Å². The highest BCUT2D eigenvalue weighted by Gasteiger charge is 2.11. The van der Waals surface area contributed by atoms with Crippen LogP contribution in [0.3, 0.4) is 0 Å². The molecule has 0 aliphatic heterocycles. The molecule has 1 rings (SSSR count). The topological polar surface area (TPSA) is 35.5 Å². The van der Waals surface area contributed by atoms with Gasteiger partial charge in [0.2, 0.25) is 0 Å². The van der Waals surface area contributed by atoms with Gasteiger partial charge in [-0.1, -0.05) is 19.9 Å². The summed E-state index contributed by atoms with van der Waals surface area (Å²) in [7, 11) is 0. The smallest absolute Gasteiger partial charge is 0.172 e. The van der Waals surface area contributed by atoms with E-state index in [0.29, 0.717) is 12.4 Å². The molecule has 0 saturated heterocycles. The molecule has 0 aliphatic carbocycles. The van der Waals surface area contributed by atoms with Gasteiger partial charge < -0.3 is 9.47 Å². The molecule has 0 aliphatic rings. The fraction of sp³-hybridized carbons (Fsp3) is 0.500. The summed E-state index contributed by atoms with van der Waals surface area (Å²) in [5, 5.41) is 0. The molecule has 0 saturated carbocycles. The summed E-state index contributed by atoms with van der Waals surface area (Å²) < 4.78 is 10.8. The highest BCUT2D eigenvalue weighted by Crippen LogP contribution is 2.19. The normalized spacial score (nSPS) is 11.9. The van der Waals surface area contributed by atoms with Crippen molar-refractivity contribution in [1.29, 1.82) is 0 Å². The number of carbonyl (C=O) groups is 1. The third-order valence-electron chi connectivity index (χ3n) is 2.66. The fourth-order valence-electron chi connectivity index (χ4n) is 1.34. The second kappa shape index (κ2) is 6.94. The molecule has 1 atom stereocenters. The lowest BCUT2D eigenvalue weighted by atomic mass is 10.1. The molecular weight excluding hydrogens is 216 g/mol. The first kappa shape index (κ1) is 13.6. The first-order chi connectivity index (χ1) is 8.17. The molecule has 3 heteroatoms. The van der Waals surface area contributed by atoms with E-state index in [4.69, 9.17) is 9.47 Å². The van der Waals surface area contributed by atoms with Gasteiger partial charge in [0.25, 0.3) is 0 Å². The first-order valence-corrected chi connectivity index (χ1v) is 6.05. The Morgan fingerprint density at radius 3 is 2.47 bits per heavy atom. The van der Waals surface area contributed by atoms with Gasteiger partial charge in [-0.25, -0.2) is 0 Å². The van der Waals surface area contributed by atoms with Gasteiger partial charge in [0, 0.05) is 12.0 Å². The van der Waals surface area contributed by atoms with Crippen molar-refractivity contribution in [2.75, 3.05) is 13.2 Å². The van der Waals surface area contributed by atoms with Gasteiger partial charge in [-0.15, -0.1) is 0 Å². The molecular formula is C14H20O3. The summed E-state index contributed by atoms with van der Waals surface area (Å²) in [5.74, 6) is 1.63. The van der Waals surface area contributed by atoms with E-state index in [2.05, 4.69) is 0 Å². The van der Waals surface area contributed by atoms with Crippen LogP contribution < -0.4 is 9.47 Å². The minimum Gasteiger partial charge on any atom is -0.494 e. The number of carbonyl (C=O) groups excluding carboxylic acids is 1. The Kier molecular flexibility index (Phi) is 5.53. The molecule has 94 valence electrons. The van der Waals surface area contributed by atoms with Crippen LogP contribution in [0.25, 0.3) is 0 Å². The minimum atomic E-state index is 0.0603. The van der Waals surface area contributed by atoms with E-state index in [1.807, 2.05) is 39.0 Å². The predicted octanol–water partition coefficient (Wildman–Crippen LogP) is 3.08. The van der Waals surface area contributed by atoms with Gasteiger partial charge in [-0.2, -0.15) is 0 Å². The van der Waals surface area contributed by atoms with Crippen LogP contribution in [0.4, 0.5) is 0 Å². The third-order valence-corrected chi connectivity index (χ3v) is 2.66. The van der Waals surface area contributed by atoms with Crippen LogP contribution in [0.15, 0.2) is 24.3 Å². The fourth-order valence-corrected chi connectivity index (χ4v) is 1.34. The van der Waals surface area contributed by atoms with Gasteiger partial charge in [0.15, 0.2) is 5.78 Å². The summed E-state index contributed by atoms with van der Waals surface area (Å²) in [6.45, 7) is 6.60. The second-order valence-corrected chi connectivity index (χ2v) is 3.97. The van der Waals surface area contributed by atoms with E-state index < -0.39 is 0 Å². The minimum absolute atomic E-state index is 0.0603. The molecule has 0 radical (unpaired) electrons. The number of benzene rings is 1. The Labute approximate surface area is 103 Å². The van der Waals surface area contributed by atoms with Crippen LogP contribution in [0, 0.1) is 5.92 Å². The van der Waals surface area contributed by atoms with E-state index in [1.165, 1.54) is 0 Å². The molecule has 0 N–H and O–H groups in total. The Hall–Kier alpha value is -1.51. The van der Waals surface area contributed by atoms with Crippen LogP contribution in [-0.4, -0.2) is 19.0 Å². The van der Waals surface area contributed by atoms with Crippen LogP contribution in [0.5, 0.6) is 11.5 Å². The molecule has 17 heavy (non-hydrogen) atoms. The van der Waals surface area contributed by atoms with E-state index in [9.17, 15) is 4.79 Å². The molecule has 1 aromatic rings. The highest BCUT2D eigenvalue weighted by molar-refractivity contribution is 5.82. The van der Waals surface area contributed by atoms with Gasteiger partial charge in [-0.05, 0) is 25.5 Å². The van der Waals surface area contributed by atoms with E-state index in [1.54, 1.807) is 6.07 Å². The summed E-state index contributed by atoms with van der Waals surface area (Å²) in [6.07, 6.45) is 0.848. The van der Waals surface area contributed by atoms with Crippen molar-refractivity contribution in [2.24, 2.45) is 5.92 Å². The summed E-state index contributed by atoms with van der Waals surface area (Å²) in [6, 6.07) is 7.35. The Morgan fingerprint density at radius 1 is 1.24 bits per heavy atom. The van der Waals surface area contributed by atoms with Crippen molar-refractivity contribution in [2.45, 2.75) is 27.2 Å². The van der Waals surface area contributed by atoms with Crippen molar-refractivity contribution < 1.29 is 14.3 Å². The Balaban J connectivity index is 2.51. The Bertz CT molecular complexity index is 360. The van der Waals surface area contributed by atoms with Crippen molar-refractivity contribution in [1.82, 2.24) is 0 Å². The molecule has 3 nitrogen and oxygen atoms in total. The number of hydrogen-bond donors (Lipinski definition) is 0. The zero-order chi connectivity index (χ0) is 12.7.